The fraction of sp³-hybridized carbons (Fsp3) is 0.304. The van der Waals surface area contributed by atoms with Crippen LogP contribution < -0.4 is 0 Å². The maximum atomic E-state index is 13.0. The summed E-state index contributed by atoms with van der Waals surface area (Å²) in [5.74, 6) is -1.05. The van der Waals surface area contributed by atoms with Crippen molar-refractivity contribution in [2.75, 3.05) is 0 Å². The number of carboxylic acid groups (broad SMARTS) is 1. The number of allylic oxidation sites excluding steroid dienone is 2. The summed E-state index contributed by atoms with van der Waals surface area (Å²) in [6.07, 6.45) is 3.73. The standard InChI is InChI=1S/C23H24O3/c1-17-13-15-22(16-14-17,18(2)24)23(21(25)26,19-9-5-3-6-10-19)20-11-7-4-8-12-20/h3-13H,14-16H2,1-2H3,(H,25,26)/t22-/m0/s1. The zero-order valence-electron chi connectivity index (χ0n) is 15.2. The molecule has 3 heteroatoms. The number of rotatable bonds is 5. The van der Waals surface area contributed by atoms with E-state index in [9.17, 15) is 14.7 Å². The number of carbonyl (C=O) groups is 2. The van der Waals surface area contributed by atoms with Gasteiger partial charge in [0.25, 0.3) is 0 Å². The number of Topliss-reactive ketones (excluding diaryl/α,β-unsaturated/α-hetero) is 1. The highest BCUT2D eigenvalue weighted by atomic mass is 16.4. The molecule has 0 saturated heterocycles. The molecule has 0 aliphatic heterocycles. The molecule has 0 fully saturated rings. The Labute approximate surface area is 154 Å². The van der Waals surface area contributed by atoms with E-state index < -0.39 is 16.8 Å². The minimum Gasteiger partial charge on any atom is -0.480 e. The van der Waals surface area contributed by atoms with Crippen LogP contribution in [-0.2, 0) is 15.0 Å². The SMILES string of the molecule is CC(=O)[C@]1(C(C(=O)O)(c2ccccc2)c2ccccc2)CC=C(C)CC1. The summed E-state index contributed by atoms with van der Waals surface area (Å²) in [6.45, 7) is 3.58. The van der Waals surface area contributed by atoms with Crippen molar-refractivity contribution >= 4 is 11.8 Å². The Morgan fingerprint density at radius 3 is 1.81 bits per heavy atom. The van der Waals surface area contributed by atoms with Crippen molar-refractivity contribution in [1.82, 2.24) is 0 Å². The predicted molar refractivity (Wildman–Crippen MR) is 102 cm³/mol. The third kappa shape index (κ3) is 2.59. The van der Waals surface area contributed by atoms with E-state index in [0.717, 1.165) is 6.42 Å². The van der Waals surface area contributed by atoms with Gasteiger partial charge in [-0.05, 0) is 44.2 Å². The molecule has 0 spiro atoms. The van der Waals surface area contributed by atoms with Crippen LogP contribution in [0, 0.1) is 5.41 Å². The molecular weight excluding hydrogens is 324 g/mol. The highest BCUT2D eigenvalue weighted by Gasteiger charge is 2.61. The first-order valence-corrected chi connectivity index (χ1v) is 8.96. The average molecular weight is 348 g/mol. The van der Waals surface area contributed by atoms with Crippen LogP contribution in [-0.4, -0.2) is 16.9 Å². The van der Waals surface area contributed by atoms with E-state index in [-0.39, 0.29) is 5.78 Å². The monoisotopic (exact) mass is 348 g/mol. The van der Waals surface area contributed by atoms with Crippen LogP contribution in [0.4, 0.5) is 0 Å². The quantitative estimate of drug-likeness (QED) is 0.792. The van der Waals surface area contributed by atoms with Gasteiger partial charge in [-0.1, -0.05) is 72.3 Å². The topological polar surface area (TPSA) is 54.4 Å². The van der Waals surface area contributed by atoms with Crippen LogP contribution in [0.1, 0.15) is 44.2 Å². The van der Waals surface area contributed by atoms with Gasteiger partial charge in [-0.15, -0.1) is 0 Å². The Morgan fingerprint density at radius 2 is 1.46 bits per heavy atom. The molecule has 1 atom stereocenters. The van der Waals surface area contributed by atoms with Crippen LogP contribution in [0.15, 0.2) is 72.3 Å². The molecule has 1 aliphatic rings. The second-order valence-corrected chi connectivity index (χ2v) is 7.18. The van der Waals surface area contributed by atoms with Gasteiger partial charge in [-0.25, -0.2) is 0 Å². The van der Waals surface area contributed by atoms with E-state index in [1.54, 1.807) is 0 Å². The van der Waals surface area contributed by atoms with Crippen molar-refractivity contribution in [3.63, 3.8) is 0 Å². The Balaban J connectivity index is 2.40. The molecule has 0 radical (unpaired) electrons. The Bertz CT molecular complexity index is 797. The van der Waals surface area contributed by atoms with Crippen molar-refractivity contribution in [1.29, 1.82) is 0 Å². The minimum atomic E-state index is -1.42. The molecule has 3 rings (SSSR count). The van der Waals surface area contributed by atoms with Crippen LogP contribution >= 0.6 is 0 Å². The molecule has 1 N–H and O–H groups in total. The maximum Gasteiger partial charge on any atom is 0.319 e. The molecule has 0 unspecified atom stereocenters. The summed E-state index contributed by atoms with van der Waals surface area (Å²) >= 11 is 0. The molecule has 0 amide bonds. The first kappa shape index (κ1) is 18.1. The van der Waals surface area contributed by atoms with Crippen molar-refractivity contribution in [2.24, 2.45) is 5.41 Å². The molecule has 0 bridgehead atoms. The number of hydrogen-bond acceptors (Lipinski definition) is 2. The Kier molecular flexibility index (Phi) is 4.82. The van der Waals surface area contributed by atoms with Gasteiger partial charge in [0.15, 0.2) is 0 Å². The van der Waals surface area contributed by atoms with Crippen LogP contribution in [0.2, 0.25) is 0 Å². The zero-order chi connectivity index (χ0) is 18.8. The van der Waals surface area contributed by atoms with Gasteiger partial charge in [0, 0.05) is 0 Å². The van der Waals surface area contributed by atoms with E-state index in [1.165, 1.54) is 12.5 Å². The first-order valence-electron chi connectivity index (χ1n) is 8.96. The summed E-state index contributed by atoms with van der Waals surface area (Å²) < 4.78 is 0. The van der Waals surface area contributed by atoms with E-state index in [0.29, 0.717) is 24.0 Å². The molecule has 3 nitrogen and oxygen atoms in total. The highest BCUT2D eigenvalue weighted by molar-refractivity contribution is 5.97. The van der Waals surface area contributed by atoms with Gasteiger partial charge in [0.1, 0.15) is 11.2 Å². The average Bonchev–Trinajstić information content (AvgIpc) is 2.65. The van der Waals surface area contributed by atoms with Crippen LogP contribution in [0.25, 0.3) is 0 Å². The summed E-state index contributed by atoms with van der Waals surface area (Å²) in [6, 6.07) is 18.4. The van der Waals surface area contributed by atoms with Gasteiger partial charge in [-0.3, -0.25) is 9.59 Å². The van der Waals surface area contributed by atoms with E-state index in [1.807, 2.05) is 73.7 Å². The summed E-state index contributed by atoms with van der Waals surface area (Å²) in [7, 11) is 0. The second-order valence-electron chi connectivity index (χ2n) is 7.18. The van der Waals surface area contributed by atoms with E-state index in [4.69, 9.17) is 0 Å². The summed E-state index contributed by atoms with van der Waals surface area (Å²) in [4.78, 5) is 26.0. The van der Waals surface area contributed by atoms with Crippen molar-refractivity contribution < 1.29 is 14.7 Å². The second kappa shape index (κ2) is 6.91. The molecule has 1 aliphatic carbocycles. The number of carboxylic acids is 1. The molecule has 134 valence electrons. The number of ketones is 1. The summed E-state index contributed by atoms with van der Waals surface area (Å²) in [5, 5.41) is 10.6. The minimum absolute atomic E-state index is 0.0728. The molecular formula is C23H24O3. The van der Waals surface area contributed by atoms with Crippen molar-refractivity contribution in [3.8, 4) is 0 Å². The molecule has 2 aromatic carbocycles. The van der Waals surface area contributed by atoms with Gasteiger partial charge < -0.3 is 5.11 Å². The Morgan fingerprint density at radius 1 is 0.962 bits per heavy atom. The first-order chi connectivity index (χ1) is 12.4. The maximum absolute atomic E-state index is 13.0. The molecule has 26 heavy (non-hydrogen) atoms. The molecule has 0 heterocycles. The third-order valence-corrected chi connectivity index (χ3v) is 5.87. The fourth-order valence-corrected chi connectivity index (χ4v) is 4.43. The van der Waals surface area contributed by atoms with Gasteiger partial charge in [0.2, 0.25) is 0 Å². The van der Waals surface area contributed by atoms with Gasteiger partial charge in [0.05, 0.1) is 5.41 Å². The Hall–Kier alpha value is -2.68. The highest BCUT2D eigenvalue weighted by Crippen LogP contribution is 2.55. The molecule has 2 aromatic rings. The van der Waals surface area contributed by atoms with E-state index >= 15 is 0 Å². The lowest BCUT2D eigenvalue weighted by Crippen LogP contribution is -2.56. The lowest BCUT2D eigenvalue weighted by Gasteiger charge is -2.48. The predicted octanol–water partition coefficient (Wildman–Crippen LogP) is 4.76. The van der Waals surface area contributed by atoms with Gasteiger partial charge >= 0.3 is 5.97 Å². The lowest BCUT2D eigenvalue weighted by molar-refractivity contribution is -0.153. The largest absolute Gasteiger partial charge is 0.480 e. The molecule has 0 aromatic heterocycles. The van der Waals surface area contributed by atoms with E-state index in [2.05, 4.69) is 0 Å². The van der Waals surface area contributed by atoms with Crippen molar-refractivity contribution in [3.05, 3.63) is 83.4 Å². The van der Waals surface area contributed by atoms with Crippen LogP contribution in [0.5, 0.6) is 0 Å². The van der Waals surface area contributed by atoms with Crippen molar-refractivity contribution in [2.45, 2.75) is 38.5 Å². The number of hydrogen-bond donors (Lipinski definition) is 1. The lowest BCUT2D eigenvalue weighted by atomic mass is 9.51. The summed E-state index contributed by atoms with van der Waals surface area (Å²) in [5.41, 5.74) is 0.0885. The fourth-order valence-electron chi connectivity index (χ4n) is 4.43. The third-order valence-electron chi connectivity index (χ3n) is 5.87. The molecule has 0 saturated carbocycles. The smallest absolute Gasteiger partial charge is 0.319 e. The van der Waals surface area contributed by atoms with Crippen LogP contribution in [0.3, 0.4) is 0 Å². The zero-order valence-corrected chi connectivity index (χ0v) is 15.2. The number of carbonyl (C=O) groups excluding carboxylic acids is 1. The van der Waals surface area contributed by atoms with Gasteiger partial charge in [-0.2, -0.15) is 0 Å². The number of aliphatic carboxylic acids is 1. The normalized spacial score (nSPS) is 20.3. The number of benzene rings is 2.